The smallest absolute Gasteiger partial charge is 0.220 e. The molecular weight excluding hydrogens is 306 g/mol. The summed E-state index contributed by atoms with van der Waals surface area (Å²) in [4.78, 5) is 12.0. The molecule has 0 aliphatic heterocycles. The van der Waals surface area contributed by atoms with Crippen LogP contribution in [-0.4, -0.2) is 5.91 Å². The van der Waals surface area contributed by atoms with Gasteiger partial charge in [-0.05, 0) is 34.6 Å². The number of hydrogen-bond acceptors (Lipinski definition) is 1. The van der Waals surface area contributed by atoms with E-state index in [9.17, 15) is 4.79 Å². The number of carbonyl (C=O) groups excluding carboxylic acids is 1. The van der Waals surface area contributed by atoms with Crippen LogP contribution in [-0.2, 0) is 23.2 Å². The molecule has 0 aliphatic carbocycles. The van der Waals surface area contributed by atoms with Gasteiger partial charge < -0.3 is 5.32 Å². The van der Waals surface area contributed by atoms with E-state index in [0.717, 1.165) is 12.0 Å². The largest absolute Gasteiger partial charge is 0.352 e. The first kappa shape index (κ1) is 17.6. The van der Waals surface area contributed by atoms with Crippen LogP contribution < -0.4 is 5.32 Å². The molecule has 0 atom stereocenters. The number of rotatable bonds is 5. The summed E-state index contributed by atoms with van der Waals surface area (Å²) in [6, 6.07) is 16.1. The normalized spacial score (nSPS) is 11.3. The lowest BCUT2D eigenvalue weighted by atomic mass is 9.86. The van der Waals surface area contributed by atoms with Gasteiger partial charge in [-0.15, -0.1) is 0 Å². The molecule has 0 aromatic heterocycles. The maximum absolute atomic E-state index is 12.0. The van der Waals surface area contributed by atoms with Gasteiger partial charge in [0.15, 0.2) is 0 Å². The molecule has 0 bridgehead atoms. The molecule has 1 N–H and O–H groups in total. The third kappa shape index (κ3) is 5.40. The molecule has 0 radical (unpaired) electrons. The van der Waals surface area contributed by atoms with Crippen molar-refractivity contribution < 1.29 is 4.79 Å². The van der Waals surface area contributed by atoms with Gasteiger partial charge in [-0.1, -0.05) is 74.8 Å². The van der Waals surface area contributed by atoms with E-state index in [4.69, 9.17) is 11.6 Å². The molecule has 23 heavy (non-hydrogen) atoms. The van der Waals surface area contributed by atoms with Crippen molar-refractivity contribution in [3.05, 3.63) is 70.2 Å². The van der Waals surface area contributed by atoms with Gasteiger partial charge in [-0.3, -0.25) is 4.79 Å². The maximum atomic E-state index is 12.0. The van der Waals surface area contributed by atoms with Crippen LogP contribution in [0.5, 0.6) is 0 Å². The van der Waals surface area contributed by atoms with Gasteiger partial charge >= 0.3 is 0 Å². The lowest BCUT2D eigenvalue weighted by molar-refractivity contribution is -0.121. The zero-order valence-corrected chi connectivity index (χ0v) is 14.8. The number of halogens is 1. The van der Waals surface area contributed by atoms with Crippen molar-refractivity contribution in [3.63, 3.8) is 0 Å². The third-order valence-electron chi connectivity index (χ3n) is 3.89. The Balaban J connectivity index is 1.81. The van der Waals surface area contributed by atoms with E-state index in [0.29, 0.717) is 18.0 Å². The second-order valence-electron chi connectivity index (χ2n) is 6.82. The summed E-state index contributed by atoms with van der Waals surface area (Å²) < 4.78 is 0. The van der Waals surface area contributed by atoms with Crippen molar-refractivity contribution in [1.82, 2.24) is 5.32 Å². The van der Waals surface area contributed by atoms with Crippen LogP contribution in [0.15, 0.2) is 48.5 Å². The minimum atomic E-state index is 0.0461. The zero-order valence-electron chi connectivity index (χ0n) is 14.0. The Kier molecular flexibility index (Phi) is 5.84. The highest BCUT2D eigenvalue weighted by molar-refractivity contribution is 6.31. The fraction of sp³-hybridized carbons (Fsp3) is 0.350. The van der Waals surface area contributed by atoms with Gasteiger partial charge in [0.2, 0.25) is 5.91 Å². The SMILES string of the molecule is CC(C)(C)c1ccc(CCC(=O)NCc2ccccc2Cl)cc1. The van der Waals surface area contributed by atoms with Crippen LogP contribution in [0.2, 0.25) is 5.02 Å². The van der Waals surface area contributed by atoms with Gasteiger partial charge in [-0.25, -0.2) is 0 Å². The first-order chi connectivity index (χ1) is 10.9. The summed E-state index contributed by atoms with van der Waals surface area (Å²) >= 11 is 6.08. The molecular formula is C20H24ClNO. The number of benzene rings is 2. The molecule has 122 valence electrons. The lowest BCUT2D eigenvalue weighted by Crippen LogP contribution is -2.23. The summed E-state index contributed by atoms with van der Waals surface area (Å²) in [5, 5.41) is 3.61. The number of hydrogen-bond donors (Lipinski definition) is 1. The van der Waals surface area contributed by atoms with Crippen LogP contribution in [0, 0.1) is 0 Å². The second kappa shape index (κ2) is 7.65. The predicted molar refractivity (Wildman–Crippen MR) is 96.8 cm³/mol. The molecule has 0 saturated carbocycles. The van der Waals surface area contributed by atoms with Crippen molar-refractivity contribution in [1.29, 1.82) is 0 Å². The second-order valence-corrected chi connectivity index (χ2v) is 7.22. The summed E-state index contributed by atoms with van der Waals surface area (Å²) in [6.07, 6.45) is 1.23. The van der Waals surface area contributed by atoms with Gasteiger partial charge in [0.1, 0.15) is 0 Å². The summed E-state index contributed by atoms with van der Waals surface area (Å²) in [5.74, 6) is 0.0461. The maximum Gasteiger partial charge on any atom is 0.220 e. The van der Waals surface area contributed by atoms with E-state index < -0.39 is 0 Å². The summed E-state index contributed by atoms with van der Waals surface area (Å²) in [7, 11) is 0. The van der Waals surface area contributed by atoms with Crippen LogP contribution in [0.1, 0.15) is 43.9 Å². The van der Waals surface area contributed by atoms with Crippen LogP contribution in [0.4, 0.5) is 0 Å². The van der Waals surface area contributed by atoms with Crippen LogP contribution in [0.3, 0.4) is 0 Å². The Bertz CT molecular complexity index is 656. The zero-order chi connectivity index (χ0) is 16.9. The molecule has 2 nitrogen and oxygen atoms in total. The van der Waals surface area contributed by atoms with Crippen molar-refractivity contribution in [2.24, 2.45) is 0 Å². The fourth-order valence-electron chi connectivity index (χ4n) is 2.35. The van der Waals surface area contributed by atoms with E-state index in [1.165, 1.54) is 11.1 Å². The van der Waals surface area contributed by atoms with Gasteiger partial charge in [-0.2, -0.15) is 0 Å². The van der Waals surface area contributed by atoms with Crippen LogP contribution >= 0.6 is 11.6 Å². The summed E-state index contributed by atoms with van der Waals surface area (Å²) in [6.45, 7) is 7.07. The first-order valence-electron chi connectivity index (χ1n) is 7.96. The Hall–Kier alpha value is -1.80. The van der Waals surface area contributed by atoms with E-state index in [-0.39, 0.29) is 11.3 Å². The van der Waals surface area contributed by atoms with E-state index >= 15 is 0 Å². The Morgan fingerprint density at radius 2 is 1.70 bits per heavy atom. The highest BCUT2D eigenvalue weighted by atomic mass is 35.5. The number of carbonyl (C=O) groups is 1. The molecule has 3 heteroatoms. The van der Waals surface area contributed by atoms with E-state index in [1.807, 2.05) is 24.3 Å². The molecule has 1 amide bonds. The fourth-order valence-corrected chi connectivity index (χ4v) is 2.56. The van der Waals surface area contributed by atoms with Gasteiger partial charge in [0.25, 0.3) is 0 Å². The van der Waals surface area contributed by atoms with Crippen molar-refractivity contribution in [2.45, 2.75) is 45.6 Å². The van der Waals surface area contributed by atoms with Crippen LogP contribution in [0.25, 0.3) is 0 Å². The van der Waals surface area contributed by atoms with Gasteiger partial charge in [0, 0.05) is 18.0 Å². The average molecular weight is 330 g/mol. The monoisotopic (exact) mass is 329 g/mol. The highest BCUT2D eigenvalue weighted by Gasteiger charge is 2.13. The van der Waals surface area contributed by atoms with Crippen molar-refractivity contribution >= 4 is 17.5 Å². The topological polar surface area (TPSA) is 29.1 Å². The van der Waals surface area contributed by atoms with E-state index in [1.54, 1.807) is 0 Å². The Labute approximate surface area is 143 Å². The molecule has 0 unspecified atom stereocenters. The molecule has 2 aromatic rings. The standard InChI is InChI=1S/C20H24ClNO/c1-20(2,3)17-11-8-15(9-12-17)10-13-19(23)22-14-16-6-4-5-7-18(16)21/h4-9,11-12H,10,13-14H2,1-3H3,(H,22,23). The Morgan fingerprint density at radius 1 is 1.04 bits per heavy atom. The number of amides is 1. The molecule has 0 fully saturated rings. The minimum Gasteiger partial charge on any atom is -0.352 e. The van der Waals surface area contributed by atoms with E-state index in [2.05, 4.69) is 50.4 Å². The average Bonchev–Trinajstić information content (AvgIpc) is 2.51. The van der Waals surface area contributed by atoms with Gasteiger partial charge in [0.05, 0.1) is 0 Å². The number of aryl methyl sites for hydroxylation is 1. The lowest BCUT2D eigenvalue weighted by Gasteiger charge is -2.19. The summed E-state index contributed by atoms with van der Waals surface area (Å²) in [5.41, 5.74) is 3.59. The molecule has 2 rings (SSSR count). The van der Waals surface area contributed by atoms with Crippen molar-refractivity contribution in [2.75, 3.05) is 0 Å². The third-order valence-corrected chi connectivity index (χ3v) is 4.26. The highest BCUT2D eigenvalue weighted by Crippen LogP contribution is 2.22. The molecule has 0 spiro atoms. The predicted octanol–water partition coefficient (Wildman–Crippen LogP) is 4.89. The Morgan fingerprint density at radius 3 is 2.30 bits per heavy atom. The molecule has 0 heterocycles. The first-order valence-corrected chi connectivity index (χ1v) is 8.33. The minimum absolute atomic E-state index is 0.0461. The molecule has 2 aromatic carbocycles. The molecule has 0 aliphatic rings. The number of nitrogens with one attached hydrogen (secondary N) is 1. The quantitative estimate of drug-likeness (QED) is 0.831. The molecule has 0 saturated heterocycles. The van der Waals surface area contributed by atoms with Crippen molar-refractivity contribution in [3.8, 4) is 0 Å².